The van der Waals surface area contributed by atoms with Crippen molar-refractivity contribution < 1.29 is 8.81 Å². The van der Waals surface area contributed by atoms with E-state index >= 15 is 4.39 Å². The summed E-state index contributed by atoms with van der Waals surface area (Å²) >= 11 is 1.83. The van der Waals surface area contributed by atoms with E-state index in [2.05, 4.69) is 309 Å². The fraction of sp³-hybridized carbons (Fsp3) is 0.143. The third-order valence-corrected chi connectivity index (χ3v) is 19.6. The van der Waals surface area contributed by atoms with Crippen LogP contribution in [0, 0.1) is 26.6 Å². The van der Waals surface area contributed by atoms with E-state index in [1.807, 2.05) is 17.4 Å². The first-order valence-electron chi connectivity index (χ1n) is 31.0. The van der Waals surface area contributed by atoms with Gasteiger partial charge in [0.2, 0.25) is 0 Å². The van der Waals surface area contributed by atoms with Crippen LogP contribution in [0.3, 0.4) is 0 Å². The molecule has 0 radical (unpaired) electrons. The van der Waals surface area contributed by atoms with Crippen molar-refractivity contribution in [2.75, 3.05) is 9.80 Å². The maximum absolute atomic E-state index is 17.1. The fourth-order valence-electron chi connectivity index (χ4n) is 14.2. The van der Waals surface area contributed by atoms with Gasteiger partial charge in [-0.05, 0) is 167 Å². The number of furan rings is 1. The molecule has 1 atom stereocenters. The standard InChI is InChI=1S/C84H69FN2OS/c1-52-22-20-27-59(46-52)84(60-28-21-29-61(85)49-60)68-51-73(87(63-42-38-58(39-43-63)83(7,8)9)71-45-35-54(3)48-67(71)56-25-14-11-15-26-56)81-77(65-31-17-19-33-75(65)89-81)78(68)79-69(84)50-72(76-64-30-16-18-32-74(64)88-80(76)79)86(62-40-36-57(37-41-62)82(4,5)6)70-44-34-53(2)47-66(70)55-23-12-10-13-24-55/h10-51H,1-9H3. The van der Waals surface area contributed by atoms with Gasteiger partial charge < -0.3 is 14.2 Å². The van der Waals surface area contributed by atoms with Crippen molar-refractivity contribution in [2.24, 2.45) is 0 Å². The Morgan fingerprint density at radius 2 is 0.899 bits per heavy atom. The summed E-state index contributed by atoms with van der Waals surface area (Å²) in [6.45, 7) is 20.2. The lowest BCUT2D eigenvalue weighted by molar-refractivity contribution is 0.590. The van der Waals surface area contributed by atoms with Crippen LogP contribution in [0.1, 0.15) is 91.6 Å². The Labute approximate surface area is 525 Å². The van der Waals surface area contributed by atoms with E-state index in [1.165, 1.54) is 21.4 Å². The van der Waals surface area contributed by atoms with E-state index in [9.17, 15) is 0 Å². The molecule has 0 amide bonds. The van der Waals surface area contributed by atoms with Gasteiger partial charge in [0.1, 0.15) is 17.0 Å². The van der Waals surface area contributed by atoms with Crippen LogP contribution in [0.15, 0.2) is 259 Å². The number of anilines is 6. The van der Waals surface area contributed by atoms with Crippen molar-refractivity contribution in [3.63, 3.8) is 0 Å². The van der Waals surface area contributed by atoms with Crippen LogP contribution in [-0.4, -0.2) is 0 Å². The van der Waals surface area contributed by atoms with Crippen molar-refractivity contribution in [2.45, 2.75) is 78.6 Å². The Kier molecular flexibility index (Phi) is 13.3. The van der Waals surface area contributed by atoms with Gasteiger partial charge in [0, 0.05) is 48.9 Å². The van der Waals surface area contributed by atoms with Crippen LogP contribution in [0.5, 0.6) is 0 Å². The molecule has 0 bridgehead atoms. The van der Waals surface area contributed by atoms with Crippen LogP contribution < -0.4 is 9.80 Å². The number of aryl methyl sites for hydroxylation is 3. The second-order valence-electron chi connectivity index (χ2n) is 26.4. The largest absolute Gasteiger partial charge is 0.455 e. The molecule has 0 aliphatic heterocycles. The van der Waals surface area contributed by atoms with E-state index in [0.717, 1.165) is 138 Å². The molecule has 0 fully saturated rings. The predicted molar refractivity (Wildman–Crippen MR) is 376 cm³/mol. The fourth-order valence-corrected chi connectivity index (χ4v) is 15.4. The van der Waals surface area contributed by atoms with Crippen molar-refractivity contribution in [3.05, 3.63) is 311 Å². The van der Waals surface area contributed by atoms with Gasteiger partial charge in [0.05, 0.1) is 38.3 Å². The highest BCUT2D eigenvalue weighted by atomic mass is 32.1. The summed E-state index contributed by atoms with van der Waals surface area (Å²) < 4.78 is 27.1. The number of benzene rings is 12. The maximum Gasteiger partial charge on any atom is 0.145 e. The number of hydrogen-bond donors (Lipinski definition) is 0. The van der Waals surface area contributed by atoms with Crippen LogP contribution in [0.2, 0.25) is 0 Å². The molecule has 3 nitrogen and oxygen atoms in total. The Hall–Kier alpha value is -9.81. The summed E-state index contributed by atoms with van der Waals surface area (Å²) in [6, 6.07) is 92.4. The summed E-state index contributed by atoms with van der Waals surface area (Å²) in [5.41, 5.74) is 22.7. The van der Waals surface area contributed by atoms with Crippen molar-refractivity contribution >= 4 is 87.6 Å². The van der Waals surface area contributed by atoms with Gasteiger partial charge in [-0.25, -0.2) is 4.39 Å². The molecule has 5 heteroatoms. The normalized spacial score (nSPS) is 14.0. The van der Waals surface area contributed by atoms with Gasteiger partial charge >= 0.3 is 0 Å². The smallest absolute Gasteiger partial charge is 0.145 e. The average molecular weight is 1170 g/mol. The van der Waals surface area contributed by atoms with Crippen LogP contribution in [0.25, 0.3) is 75.5 Å². The summed E-state index contributed by atoms with van der Waals surface area (Å²) in [5, 5.41) is 4.27. The highest BCUT2D eigenvalue weighted by Gasteiger charge is 2.51. The topological polar surface area (TPSA) is 19.6 Å². The number of para-hydroxylation sites is 1. The number of thiophene rings is 1. The first-order chi connectivity index (χ1) is 43.0. The Balaban J connectivity index is 1.16. The third-order valence-electron chi connectivity index (χ3n) is 18.4. The zero-order valence-corrected chi connectivity index (χ0v) is 52.7. The third kappa shape index (κ3) is 9.19. The number of fused-ring (bicyclic) bond motifs is 11. The molecule has 12 aromatic carbocycles. The summed E-state index contributed by atoms with van der Waals surface area (Å²) in [4.78, 5) is 4.98. The number of rotatable bonds is 10. The number of halogens is 1. The van der Waals surface area contributed by atoms with Gasteiger partial charge in [-0.1, -0.05) is 228 Å². The minimum atomic E-state index is -1.15. The molecule has 1 aliphatic rings. The second kappa shape index (κ2) is 21.2. The minimum absolute atomic E-state index is 0.0756. The van der Waals surface area contributed by atoms with Gasteiger partial charge in [-0.3, -0.25) is 0 Å². The molecule has 0 N–H and O–H groups in total. The van der Waals surface area contributed by atoms with E-state index in [0.29, 0.717) is 0 Å². The van der Waals surface area contributed by atoms with E-state index in [4.69, 9.17) is 4.42 Å². The molecule has 2 heterocycles. The molecule has 1 unspecified atom stereocenters. The van der Waals surface area contributed by atoms with Gasteiger partial charge in [-0.2, -0.15) is 0 Å². The maximum atomic E-state index is 17.1. The Morgan fingerprint density at radius 1 is 0.404 bits per heavy atom. The van der Waals surface area contributed by atoms with E-state index in [-0.39, 0.29) is 16.6 Å². The van der Waals surface area contributed by atoms with Crippen LogP contribution in [-0.2, 0) is 16.2 Å². The second-order valence-corrected chi connectivity index (χ2v) is 27.5. The first-order valence-corrected chi connectivity index (χ1v) is 31.8. The summed E-state index contributed by atoms with van der Waals surface area (Å²) in [6.07, 6.45) is 0. The number of hydrogen-bond acceptors (Lipinski definition) is 4. The molecule has 0 saturated carbocycles. The highest BCUT2D eigenvalue weighted by Crippen LogP contribution is 2.65. The van der Waals surface area contributed by atoms with Crippen molar-refractivity contribution in [1.82, 2.24) is 0 Å². The average Bonchev–Trinajstić information content (AvgIpc) is 1.51. The lowest BCUT2D eigenvalue weighted by Gasteiger charge is -2.36. The van der Waals surface area contributed by atoms with E-state index in [1.54, 1.807) is 12.1 Å². The molecule has 89 heavy (non-hydrogen) atoms. The zero-order chi connectivity index (χ0) is 61.1. The number of nitrogens with zero attached hydrogens (tertiary/aromatic N) is 2. The monoisotopic (exact) mass is 1170 g/mol. The molecule has 0 saturated heterocycles. The van der Waals surface area contributed by atoms with E-state index < -0.39 is 5.41 Å². The first kappa shape index (κ1) is 55.7. The summed E-state index contributed by atoms with van der Waals surface area (Å²) in [5.74, 6) is -0.308. The Bertz CT molecular complexity index is 5030. The molecule has 434 valence electrons. The quantitative estimate of drug-likeness (QED) is 0.136. The predicted octanol–water partition coefficient (Wildman–Crippen LogP) is 24.2. The highest BCUT2D eigenvalue weighted by molar-refractivity contribution is 7.26. The summed E-state index contributed by atoms with van der Waals surface area (Å²) in [7, 11) is 0. The van der Waals surface area contributed by atoms with Gasteiger partial charge in [-0.15, -0.1) is 11.3 Å². The van der Waals surface area contributed by atoms with Gasteiger partial charge in [0.15, 0.2) is 0 Å². The molecular weight excluding hydrogens is 1100 g/mol. The lowest BCUT2D eigenvalue weighted by Crippen LogP contribution is -2.29. The van der Waals surface area contributed by atoms with Crippen LogP contribution in [0.4, 0.5) is 38.5 Å². The minimum Gasteiger partial charge on any atom is -0.455 e. The van der Waals surface area contributed by atoms with Crippen molar-refractivity contribution in [3.8, 4) is 33.4 Å². The molecule has 0 spiro atoms. The molecule has 1 aliphatic carbocycles. The molecular formula is C84H69FN2OS. The lowest BCUT2D eigenvalue weighted by atomic mass is 9.67. The zero-order valence-electron chi connectivity index (χ0n) is 51.8. The van der Waals surface area contributed by atoms with Crippen LogP contribution >= 0.6 is 11.3 Å². The molecule has 14 aromatic rings. The molecule has 15 rings (SSSR count). The van der Waals surface area contributed by atoms with Gasteiger partial charge in [0.25, 0.3) is 0 Å². The SMILES string of the molecule is Cc1cccc(C2(c3cccc(F)c3)c3cc(N(c4ccc(C(C)(C)C)cc4)c4ccc(C)cc4-c4ccccc4)c4c(oc5ccccc54)c3-c3c2cc(N(c2ccc(C(C)(C)C)cc2)c2ccc(C)cc2-c2ccccc2)c2sc4ccccc4c32)c1. The Morgan fingerprint density at radius 3 is 1.47 bits per heavy atom. The molecule has 2 aromatic heterocycles. The van der Waals surface area contributed by atoms with Crippen molar-refractivity contribution in [1.29, 1.82) is 0 Å².